The third-order valence-corrected chi connectivity index (χ3v) is 3.20. The van der Waals surface area contributed by atoms with Gasteiger partial charge in [-0.05, 0) is 12.8 Å². The summed E-state index contributed by atoms with van der Waals surface area (Å²) in [6.45, 7) is 6.44. The Morgan fingerprint density at radius 2 is 1.88 bits per heavy atom. The first-order chi connectivity index (χ1) is 8.19. The number of amides is 2. The van der Waals surface area contributed by atoms with E-state index in [9.17, 15) is 9.59 Å². The molecular weight excluding hydrogens is 216 g/mol. The standard InChI is InChI=1S/C13H24N2O2/c1-3-5-7-15(8-6-4-2)13(17)11-9-12(16)14-10-11/h11H,3-10H2,1-2H3,(H,14,16). The second kappa shape index (κ2) is 7.30. The molecule has 1 rings (SSSR count). The van der Waals surface area contributed by atoms with Crippen LogP contribution in [0.25, 0.3) is 0 Å². The molecule has 1 unspecified atom stereocenters. The van der Waals surface area contributed by atoms with Crippen LogP contribution in [0.2, 0.25) is 0 Å². The van der Waals surface area contributed by atoms with Gasteiger partial charge in [-0.25, -0.2) is 0 Å². The number of hydrogen-bond acceptors (Lipinski definition) is 2. The molecule has 0 aromatic carbocycles. The van der Waals surface area contributed by atoms with E-state index in [1.54, 1.807) is 0 Å². The lowest BCUT2D eigenvalue weighted by Gasteiger charge is -2.24. The fraction of sp³-hybridized carbons (Fsp3) is 0.846. The Kier molecular flexibility index (Phi) is 6.01. The molecule has 17 heavy (non-hydrogen) atoms. The zero-order valence-electron chi connectivity index (χ0n) is 11.0. The van der Waals surface area contributed by atoms with Crippen molar-refractivity contribution in [3.63, 3.8) is 0 Å². The lowest BCUT2D eigenvalue weighted by molar-refractivity contribution is -0.136. The molecule has 2 amide bonds. The average molecular weight is 240 g/mol. The Hall–Kier alpha value is -1.06. The van der Waals surface area contributed by atoms with Gasteiger partial charge in [-0.3, -0.25) is 9.59 Å². The van der Waals surface area contributed by atoms with E-state index in [-0.39, 0.29) is 17.7 Å². The van der Waals surface area contributed by atoms with Crippen LogP contribution in [0.15, 0.2) is 0 Å². The first kappa shape index (κ1) is 14.0. The third-order valence-electron chi connectivity index (χ3n) is 3.20. The molecule has 4 heteroatoms. The zero-order chi connectivity index (χ0) is 12.7. The van der Waals surface area contributed by atoms with Crippen LogP contribution in [0.3, 0.4) is 0 Å². The summed E-state index contributed by atoms with van der Waals surface area (Å²) in [6, 6.07) is 0. The van der Waals surface area contributed by atoms with E-state index in [4.69, 9.17) is 0 Å². The minimum Gasteiger partial charge on any atom is -0.355 e. The maximum absolute atomic E-state index is 12.2. The highest BCUT2D eigenvalue weighted by atomic mass is 16.2. The second-order valence-corrected chi connectivity index (χ2v) is 4.74. The van der Waals surface area contributed by atoms with Crippen LogP contribution < -0.4 is 5.32 Å². The molecule has 0 aromatic heterocycles. The van der Waals surface area contributed by atoms with Crippen LogP contribution in [0.1, 0.15) is 46.0 Å². The summed E-state index contributed by atoms with van der Waals surface area (Å²) in [5, 5.41) is 2.73. The van der Waals surface area contributed by atoms with Gasteiger partial charge in [-0.15, -0.1) is 0 Å². The second-order valence-electron chi connectivity index (χ2n) is 4.74. The molecule has 1 fully saturated rings. The molecule has 0 saturated carbocycles. The van der Waals surface area contributed by atoms with Crippen LogP contribution in [0, 0.1) is 5.92 Å². The lowest BCUT2D eigenvalue weighted by atomic mass is 10.1. The maximum atomic E-state index is 12.2. The van der Waals surface area contributed by atoms with Gasteiger partial charge in [0, 0.05) is 26.1 Å². The third kappa shape index (κ3) is 4.36. The fourth-order valence-corrected chi connectivity index (χ4v) is 2.07. The van der Waals surface area contributed by atoms with Gasteiger partial charge in [0.1, 0.15) is 0 Å². The van der Waals surface area contributed by atoms with Crippen LogP contribution in [-0.2, 0) is 9.59 Å². The van der Waals surface area contributed by atoms with Crippen molar-refractivity contribution in [3.8, 4) is 0 Å². The molecule has 4 nitrogen and oxygen atoms in total. The summed E-state index contributed by atoms with van der Waals surface area (Å²) in [5.41, 5.74) is 0. The van der Waals surface area contributed by atoms with Gasteiger partial charge in [0.15, 0.2) is 0 Å². The van der Waals surface area contributed by atoms with Gasteiger partial charge in [0.2, 0.25) is 11.8 Å². The molecule has 98 valence electrons. The van der Waals surface area contributed by atoms with E-state index in [1.807, 2.05) is 4.90 Å². The quantitative estimate of drug-likeness (QED) is 0.734. The highest BCUT2D eigenvalue weighted by molar-refractivity contribution is 5.89. The topological polar surface area (TPSA) is 49.4 Å². The Morgan fingerprint density at radius 3 is 2.29 bits per heavy atom. The predicted molar refractivity (Wildman–Crippen MR) is 67.5 cm³/mol. The minimum absolute atomic E-state index is 0.00860. The molecule has 1 aliphatic heterocycles. The molecule has 0 bridgehead atoms. The van der Waals surface area contributed by atoms with Gasteiger partial charge in [-0.1, -0.05) is 26.7 Å². The highest BCUT2D eigenvalue weighted by Gasteiger charge is 2.30. The molecule has 0 spiro atoms. The number of carbonyl (C=O) groups excluding carboxylic acids is 2. The fourth-order valence-electron chi connectivity index (χ4n) is 2.07. The van der Waals surface area contributed by atoms with Crippen molar-refractivity contribution in [3.05, 3.63) is 0 Å². The summed E-state index contributed by atoms with van der Waals surface area (Å²) < 4.78 is 0. The molecular formula is C13H24N2O2. The van der Waals surface area contributed by atoms with Crippen molar-refractivity contribution in [1.29, 1.82) is 0 Å². The van der Waals surface area contributed by atoms with Crippen molar-refractivity contribution in [2.45, 2.75) is 46.0 Å². The largest absolute Gasteiger partial charge is 0.355 e. The molecule has 0 aromatic rings. The molecule has 1 heterocycles. The molecule has 1 atom stereocenters. The van der Waals surface area contributed by atoms with E-state index in [0.717, 1.165) is 38.8 Å². The lowest BCUT2D eigenvalue weighted by Crippen LogP contribution is -2.38. The molecule has 0 radical (unpaired) electrons. The first-order valence-corrected chi connectivity index (χ1v) is 6.74. The van der Waals surface area contributed by atoms with Crippen molar-refractivity contribution >= 4 is 11.8 Å². The van der Waals surface area contributed by atoms with Crippen LogP contribution in [0.5, 0.6) is 0 Å². The van der Waals surface area contributed by atoms with Gasteiger partial charge < -0.3 is 10.2 Å². The average Bonchev–Trinajstić information content (AvgIpc) is 2.75. The van der Waals surface area contributed by atoms with Crippen molar-refractivity contribution in [2.75, 3.05) is 19.6 Å². The Bertz CT molecular complexity index is 258. The van der Waals surface area contributed by atoms with Crippen LogP contribution in [0.4, 0.5) is 0 Å². The summed E-state index contributed by atoms with van der Waals surface area (Å²) in [5.74, 6) is 0.0377. The smallest absolute Gasteiger partial charge is 0.227 e. The minimum atomic E-state index is -0.129. The molecule has 1 saturated heterocycles. The van der Waals surface area contributed by atoms with E-state index >= 15 is 0 Å². The summed E-state index contributed by atoms with van der Waals surface area (Å²) in [6.07, 6.45) is 4.65. The Balaban J connectivity index is 2.48. The van der Waals surface area contributed by atoms with Gasteiger partial charge >= 0.3 is 0 Å². The van der Waals surface area contributed by atoms with Crippen LogP contribution in [-0.4, -0.2) is 36.3 Å². The predicted octanol–water partition coefficient (Wildman–Crippen LogP) is 1.55. The van der Waals surface area contributed by atoms with E-state index in [0.29, 0.717) is 13.0 Å². The number of unbranched alkanes of at least 4 members (excludes halogenated alkanes) is 2. The normalized spacial score (nSPS) is 19.2. The number of nitrogens with zero attached hydrogens (tertiary/aromatic N) is 1. The Morgan fingerprint density at radius 1 is 1.29 bits per heavy atom. The van der Waals surface area contributed by atoms with Crippen molar-refractivity contribution < 1.29 is 9.59 Å². The van der Waals surface area contributed by atoms with Gasteiger partial charge in [-0.2, -0.15) is 0 Å². The van der Waals surface area contributed by atoms with E-state index in [2.05, 4.69) is 19.2 Å². The maximum Gasteiger partial charge on any atom is 0.227 e. The molecule has 1 aliphatic rings. The molecule has 1 N–H and O–H groups in total. The van der Waals surface area contributed by atoms with E-state index < -0.39 is 0 Å². The number of rotatable bonds is 7. The SMILES string of the molecule is CCCCN(CCCC)C(=O)C1CNC(=O)C1. The van der Waals surface area contributed by atoms with Gasteiger partial charge in [0.25, 0.3) is 0 Å². The van der Waals surface area contributed by atoms with Crippen LogP contribution >= 0.6 is 0 Å². The van der Waals surface area contributed by atoms with Crippen molar-refractivity contribution in [2.24, 2.45) is 5.92 Å². The Labute approximate surface area is 104 Å². The monoisotopic (exact) mass is 240 g/mol. The number of carbonyl (C=O) groups is 2. The van der Waals surface area contributed by atoms with Gasteiger partial charge in [0.05, 0.1) is 5.92 Å². The van der Waals surface area contributed by atoms with E-state index in [1.165, 1.54) is 0 Å². The van der Waals surface area contributed by atoms with Crippen molar-refractivity contribution in [1.82, 2.24) is 10.2 Å². The summed E-state index contributed by atoms with van der Waals surface area (Å²) in [4.78, 5) is 25.3. The molecule has 0 aliphatic carbocycles. The number of hydrogen-bond donors (Lipinski definition) is 1. The number of nitrogens with one attached hydrogen (secondary N) is 1. The summed E-state index contributed by atoms with van der Waals surface area (Å²) >= 11 is 0. The highest BCUT2D eigenvalue weighted by Crippen LogP contribution is 2.14. The zero-order valence-corrected chi connectivity index (χ0v) is 11.0. The summed E-state index contributed by atoms with van der Waals surface area (Å²) in [7, 11) is 0. The first-order valence-electron chi connectivity index (χ1n) is 6.74.